The largest absolute Gasteiger partial charge is 0.444 e. The van der Waals surface area contributed by atoms with Crippen molar-refractivity contribution in [2.24, 2.45) is 5.92 Å². The van der Waals surface area contributed by atoms with Crippen LogP contribution in [0.4, 0.5) is 23.9 Å². The van der Waals surface area contributed by atoms with Gasteiger partial charge in [-0.05, 0) is 45.6 Å². The highest BCUT2D eigenvalue weighted by atomic mass is 19.4. The second-order valence-electron chi connectivity index (χ2n) is 7.50. The van der Waals surface area contributed by atoms with Gasteiger partial charge in [-0.1, -0.05) is 6.92 Å². The normalized spacial score (nSPS) is 21.4. The van der Waals surface area contributed by atoms with E-state index in [9.17, 15) is 18.0 Å². The van der Waals surface area contributed by atoms with Crippen molar-refractivity contribution in [3.05, 3.63) is 18.0 Å². The molecule has 26 heavy (non-hydrogen) atoms. The lowest BCUT2D eigenvalue weighted by molar-refractivity contribution is -0.141. The standard InChI is InChI=1S/C17H25F3N4O2/c1-11-6-5-9-24(12(11)10-22-15(25)26-16(2,3)4)14-21-8-7-13(23-14)17(18,19)20/h7-8,11-12H,5-6,9-10H2,1-4H3,(H,22,25). The number of alkyl carbamates (subject to hydrolysis) is 1. The molecule has 0 aliphatic carbocycles. The number of carbonyl (C=O) groups excluding carboxylic acids is 1. The highest BCUT2D eigenvalue weighted by molar-refractivity contribution is 5.67. The molecule has 1 aromatic heterocycles. The van der Waals surface area contributed by atoms with Gasteiger partial charge in [0.1, 0.15) is 11.3 Å². The van der Waals surface area contributed by atoms with E-state index in [0.29, 0.717) is 6.54 Å². The predicted molar refractivity (Wildman–Crippen MR) is 90.8 cm³/mol. The van der Waals surface area contributed by atoms with Crippen LogP contribution in [0.25, 0.3) is 0 Å². The number of carbonyl (C=O) groups is 1. The fraction of sp³-hybridized carbons (Fsp3) is 0.706. The molecule has 1 aliphatic rings. The average Bonchev–Trinajstić information content (AvgIpc) is 2.51. The van der Waals surface area contributed by atoms with Gasteiger partial charge in [-0.15, -0.1) is 0 Å². The van der Waals surface area contributed by atoms with Gasteiger partial charge in [0.05, 0.1) is 6.04 Å². The minimum Gasteiger partial charge on any atom is -0.444 e. The van der Waals surface area contributed by atoms with Crippen LogP contribution in [0, 0.1) is 5.92 Å². The summed E-state index contributed by atoms with van der Waals surface area (Å²) in [5, 5.41) is 2.70. The molecular weight excluding hydrogens is 349 g/mol. The molecule has 0 radical (unpaired) electrons. The van der Waals surface area contributed by atoms with Crippen molar-refractivity contribution in [2.75, 3.05) is 18.0 Å². The van der Waals surface area contributed by atoms with Crippen molar-refractivity contribution in [3.8, 4) is 0 Å². The maximum Gasteiger partial charge on any atom is 0.433 e. The van der Waals surface area contributed by atoms with Crippen molar-refractivity contribution in [3.63, 3.8) is 0 Å². The number of amides is 1. The molecule has 146 valence electrons. The zero-order valence-corrected chi connectivity index (χ0v) is 15.4. The van der Waals surface area contributed by atoms with E-state index < -0.39 is 23.6 Å². The molecule has 0 bridgehead atoms. The molecule has 2 heterocycles. The topological polar surface area (TPSA) is 67.4 Å². The number of nitrogens with one attached hydrogen (secondary N) is 1. The number of aromatic nitrogens is 2. The number of nitrogens with zero attached hydrogens (tertiary/aromatic N) is 3. The fourth-order valence-corrected chi connectivity index (χ4v) is 2.96. The number of rotatable bonds is 3. The zero-order valence-electron chi connectivity index (χ0n) is 15.4. The van der Waals surface area contributed by atoms with E-state index >= 15 is 0 Å². The first-order valence-electron chi connectivity index (χ1n) is 8.61. The van der Waals surface area contributed by atoms with Crippen LogP contribution >= 0.6 is 0 Å². The average molecular weight is 374 g/mol. The van der Waals surface area contributed by atoms with Gasteiger partial charge >= 0.3 is 12.3 Å². The molecule has 0 aromatic carbocycles. The molecule has 6 nitrogen and oxygen atoms in total. The molecule has 1 fully saturated rings. The van der Waals surface area contributed by atoms with Gasteiger partial charge in [0.25, 0.3) is 0 Å². The number of piperidine rings is 1. The Kier molecular flexibility index (Phi) is 5.98. The summed E-state index contributed by atoms with van der Waals surface area (Å²) in [5.74, 6) is 0.194. The van der Waals surface area contributed by atoms with Gasteiger partial charge in [0, 0.05) is 19.3 Å². The van der Waals surface area contributed by atoms with Crippen molar-refractivity contribution >= 4 is 12.0 Å². The summed E-state index contributed by atoms with van der Waals surface area (Å²) in [6.45, 7) is 8.07. The van der Waals surface area contributed by atoms with Crippen molar-refractivity contribution in [1.29, 1.82) is 0 Å². The van der Waals surface area contributed by atoms with Crippen LogP contribution in [-0.2, 0) is 10.9 Å². The van der Waals surface area contributed by atoms with Crippen LogP contribution in [0.1, 0.15) is 46.2 Å². The maximum atomic E-state index is 12.9. The fourth-order valence-electron chi connectivity index (χ4n) is 2.96. The monoisotopic (exact) mass is 374 g/mol. The number of anilines is 1. The van der Waals surface area contributed by atoms with E-state index in [-0.39, 0.29) is 24.5 Å². The van der Waals surface area contributed by atoms with Crippen molar-refractivity contribution in [1.82, 2.24) is 15.3 Å². The van der Waals surface area contributed by atoms with Crippen molar-refractivity contribution in [2.45, 2.75) is 58.4 Å². The molecule has 0 spiro atoms. The van der Waals surface area contributed by atoms with E-state index in [1.807, 2.05) is 6.92 Å². The van der Waals surface area contributed by atoms with Gasteiger partial charge in [-0.3, -0.25) is 0 Å². The van der Waals surface area contributed by atoms with Gasteiger partial charge in [-0.2, -0.15) is 13.2 Å². The van der Waals surface area contributed by atoms with Crippen LogP contribution in [0.15, 0.2) is 12.3 Å². The van der Waals surface area contributed by atoms with E-state index in [1.165, 1.54) is 0 Å². The highest BCUT2D eigenvalue weighted by Gasteiger charge is 2.35. The van der Waals surface area contributed by atoms with E-state index in [0.717, 1.165) is 25.1 Å². The third-order valence-electron chi connectivity index (χ3n) is 4.16. The number of alkyl halides is 3. The summed E-state index contributed by atoms with van der Waals surface area (Å²) in [5.41, 5.74) is -1.59. The SMILES string of the molecule is CC1CCCN(c2nccc(C(F)(F)F)n2)C1CNC(=O)OC(C)(C)C. The van der Waals surface area contributed by atoms with Gasteiger partial charge < -0.3 is 15.0 Å². The summed E-state index contributed by atoms with van der Waals surface area (Å²) in [7, 11) is 0. The summed E-state index contributed by atoms with van der Waals surface area (Å²) in [4.78, 5) is 21.3. The predicted octanol–water partition coefficient (Wildman–Crippen LogP) is 3.63. The Morgan fingerprint density at radius 1 is 1.38 bits per heavy atom. The lowest BCUT2D eigenvalue weighted by Crippen LogP contribution is -2.52. The molecule has 2 unspecified atom stereocenters. The first kappa shape index (κ1) is 20.3. The molecule has 0 saturated carbocycles. The molecule has 1 aliphatic heterocycles. The molecule has 2 rings (SSSR count). The molecule has 1 saturated heterocycles. The Hall–Kier alpha value is -2.06. The summed E-state index contributed by atoms with van der Waals surface area (Å²) in [6, 6.07) is 0.643. The lowest BCUT2D eigenvalue weighted by Gasteiger charge is -2.40. The van der Waals surface area contributed by atoms with Crippen LogP contribution in [-0.4, -0.2) is 40.8 Å². The minimum atomic E-state index is -4.52. The Morgan fingerprint density at radius 2 is 2.08 bits per heavy atom. The van der Waals surface area contributed by atoms with Crippen LogP contribution < -0.4 is 10.2 Å². The molecule has 2 atom stereocenters. The van der Waals surface area contributed by atoms with Gasteiger partial charge in [0.15, 0.2) is 0 Å². The highest BCUT2D eigenvalue weighted by Crippen LogP contribution is 2.30. The molecule has 1 amide bonds. The smallest absolute Gasteiger partial charge is 0.433 e. The third kappa shape index (κ3) is 5.47. The molecular formula is C17H25F3N4O2. The summed E-state index contributed by atoms with van der Waals surface area (Å²) >= 11 is 0. The Balaban J connectivity index is 2.14. The molecule has 1 N–H and O–H groups in total. The number of halogens is 3. The van der Waals surface area contributed by atoms with Crippen LogP contribution in [0.2, 0.25) is 0 Å². The molecule has 9 heteroatoms. The number of hydrogen-bond acceptors (Lipinski definition) is 5. The van der Waals surface area contributed by atoms with E-state index in [1.54, 1.807) is 25.7 Å². The van der Waals surface area contributed by atoms with Crippen LogP contribution in [0.5, 0.6) is 0 Å². The number of hydrogen-bond donors (Lipinski definition) is 1. The van der Waals surface area contributed by atoms with Crippen LogP contribution in [0.3, 0.4) is 0 Å². The summed E-state index contributed by atoms with van der Waals surface area (Å²) < 4.78 is 44.0. The van der Waals surface area contributed by atoms with E-state index in [4.69, 9.17) is 4.74 Å². The van der Waals surface area contributed by atoms with Crippen molar-refractivity contribution < 1.29 is 22.7 Å². The Morgan fingerprint density at radius 3 is 2.69 bits per heavy atom. The van der Waals surface area contributed by atoms with Gasteiger partial charge in [-0.25, -0.2) is 14.8 Å². The Bertz CT molecular complexity index is 631. The zero-order chi connectivity index (χ0) is 19.5. The van der Waals surface area contributed by atoms with E-state index in [2.05, 4.69) is 15.3 Å². The number of ether oxygens (including phenoxy) is 1. The third-order valence-corrected chi connectivity index (χ3v) is 4.16. The summed E-state index contributed by atoms with van der Waals surface area (Å²) in [6.07, 6.45) is -2.23. The van der Waals surface area contributed by atoms with Gasteiger partial charge in [0.2, 0.25) is 5.95 Å². The quantitative estimate of drug-likeness (QED) is 0.875. The minimum absolute atomic E-state index is 0.0300. The first-order valence-corrected chi connectivity index (χ1v) is 8.61. The second-order valence-corrected chi connectivity index (χ2v) is 7.50. The first-order chi connectivity index (χ1) is 12.0. The molecule has 1 aromatic rings. The second kappa shape index (κ2) is 7.67. The maximum absolute atomic E-state index is 12.9. The lowest BCUT2D eigenvalue weighted by atomic mass is 9.91. The Labute approximate surface area is 151 Å².